The lowest BCUT2D eigenvalue weighted by atomic mass is 10.2. The van der Waals surface area contributed by atoms with Crippen molar-refractivity contribution in [3.8, 4) is 0 Å². The topological polar surface area (TPSA) is 55.4 Å². The zero-order valence-corrected chi connectivity index (χ0v) is 11.7. The predicted molar refractivity (Wildman–Crippen MR) is 73.0 cm³/mol. The second kappa shape index (κ2) is 5.61. The van der Waals surface area contributed by atoms with Crippen molar-refractivity contribution in [2.75, 3.05) is 11.9 Å². The molecule has 1 amide bonds. The molecule has 1 fully saturated rings. The van der Waals surface area contributed by atoms with E-state index in [1.165, 1.54) is 0 Å². The maximum atomic E-state index is 11.6. The number of halogens is 1. The normalized spacial score (nSPS) is 20.8. The highest BCUT2D eigenvalue weighted by atomic mass is 35.5. The van der Waals surface area contributed by atoms with Gasteiger partial charge in [-0.15, -0.1) is 0 Å². The zero-order valence-electron chi connectivity index (χ0n) is 10.9. The van der Waals surface area contributed by atoms with Gasteiger partial charge < -0.3 is 10.1 Å². The summed E-state index contributed by atoms with van der Waals surface area (Å²) in [4.78, 5) is 23.1. The number of amides is 1. The maximum absolute atomic E-state index is 11.6. The van der Waals surface area contributed by atoms with Gasteiger partial charge in [-0.25, -0.2) is 0 Å². The Morgan fingerprint density at radius 1 is 1.47 bits per heavy atom. The van der Waals surface area contributed by atoms with E-state index in [1.54, 1.807) is 12.1 Å². The van der Waals surface area contributed by atoms with Gasteiger partial charge in [-0.1, -0.05) is 24.6 Å². The number of esters is 1. The fraction of sp³-hybridized carbons (Fsp3) is 0.429. The van der Waals surface area contributed by atoms with Crippen molar-refractivity contribution in [2.45, 2.75) is 20.3 Å². The lowest BCUT2D eigenvalue weighted by Gasteiger charge is -2.07. The van der Waals surface area contributed by atoms with Crippen molar-refractivity contribution >= 4 is 29.2 Å². The second-order valence-corrected chi connectivity index (χ2v) is 5.35. The fourth-order valence-electron chi connectivity index (χ4n) is 1.76. The van der Waals surface area contributed by atoms with Gasteiger partial charge in [0.05, 0.1) is 5.92 Å². The zero-order chi connectivity index (χ0) is 14.0. The highest BCUT2D eigenvalue weighted by molar-refractivity contribution is 6.31. The highest BCUT2D eigenvalue weighted by Gasteiger charge is 2.40. The molecule has 0 spiro atoms. The van der Waals surface area contributed by atoms with Crippen LogP contribution in [0.15, 0.2) is 18.2 Å². The summed E-state index contributed by atoms with van der Waals surface area (Å²) < 4.78 is 4.94. The quantitative estimate of drug-likeness (QED) is 0.864. The Kier molecular flexibility index (Phi) is 4.10. The van der Waals surface area contributed by atoms with Crippen molar-refractivity contribution in [3.63, 3.8) is 0 Å². The van der Waals surface area contributed by atoms with Crippen molar-refractivity contribution in [1.82, 2.24) is 0 Å². The summed E-state index contributed by atoms with van der Waals surface area (Å²) in [6.45, 7) is 3.61. The summed E-state index contributed by atoms with van der Waals surface area (Å²) in [5.74, 6) is -0.292. The molecule has 0 heterocycles. The molecule has 1 saturated carbocycles. The molecule has 19 heavy (non-hydrogen) atoms. The van der Waals surface area contributed by atoms with Crippen LogP contribution < -0.4 is 5.32 Å². The number of aryl methyl sites for hydroxylation is 1. The van der Waals surface area contributed by atoms with E-state index < -0.39 is 0 Å². The number of hydrogen-bond donors (Lipinski definition) is 1. The molecule has 1 aliphatic carbocycles. The summed E-state index contributed by atoms with van der Waals surface area (Å²) in [5, 5.41) is 3.22. The SMILES string of the molecule is Cc1ccc(NC(=O)COC(=O)[C@@H]2C[C@H]2C)cc1Cl. The number of anilines is 1. The van der Waals surface area contributed by atoms with Crippen LogP contribution in [0.1, 0.15) is 18.9 Å². The average Bonchev–Trinajstić information content (AvgIpc) is 3.08. The number of rotatable bonds is 4. The molecule has 0 bridgehead atoms. The fourth-order valence-corrected chi connectivity index (χ4v) is 1.94. The Hall–Kier alpha value is -1.55. The average molecular weight is 282 g/mol. The molecule has 0 aromatic heterocycles. The summed E-state index contributed by atoms with van der Waals surface area (Å²) in [7, 11) is 0. The van der Waals surface area contributed by atoms with Gasteiger partial charge in [0, 0.05) is 10.7 Å². The first kappa shape index (κ1) is 13.9. The molecule has 1 aliphatic rings. The van der Waals surface area contributed by atoms with E-state index in [0.29, 0.717) is 16.6 Å². The lowest BCUT2D eigenvalue weighted by molar-refractivity contribution is -0.148. The van der Waals surface area contributed by atoms with Crippen LogP contribution in [0.4, 0.5) is 5.69 Å². The first-order valence-corrected chi connectivity index (χ1v) is 6.58. The van der Waals surface area contributed by atoms with Gasteiger partial charge in [0.25, 0.3) is 5.91 Å². The van der Waals surface area contributed by atoms with Crippen LogP contribution in [0.25, 0.3) is 0 Å². The minimum Gasteiger partial charge on any atom is -0.455 e. The standard InChI is InChI=1S/C14H16ClNO3/c1-8-3-4-10(6-12(8)15)16-13(17)7-19-14(18)11-5-9(11)2/h3-4,6,9,11H,5,7H2,1-2H3,(H,16,17)/t9-,11-/m1/s1. The minimum absolute atomic E-state index is 0.0263. The summed E-state index contributed by atoms with van der Waals surface area (Å²) >= 11 is 5.95. The molecule has 1 aromatic rings. The Bertz CT molecular complexity index is 515. The van der Waals surface area contributed by atoms with E-state index in [4.69, 9.17) is 16.3 Å². The van der Waals surface area contributed by atoms with Crippen molar-refractivity contribution in [2.24, 2.45) is 11.8 Å². The van der Waals surface area contributed by atoms with E-state index in [2.05, 4.69) is 5.32 Å². The van der Waals surface area contributed by atoms with Crippen LogP contribution in [-0.4, -0.2) is 18.5 Å². The van der Waals surface area contributed by atoms with Crippen molar-refractivity contribution < 1.29 is 14.3 Å². The monoisotopic (exact) mass is 281 g/mol. The van der Waals surface area contributed by atoms with E-state index in [9.17, 15) is 9.59 Å². The molecular formula is C14H16ClNO3. The number of benzene rings is 1. The van der Waals surface area contributed by atoms with Gasteiger partial charge >= 0.3 is 5.97 Å². The van der Waals surface area contributed by atoms with Crippen LogP contribution in [0.3, 0.4) is 0 Å². The van der Waals surface area contributed by atoms with E-state index in [-0.39, 0.29) is 24.4 Å². The number of ether oxygens (including phenoxy) is 1. The molecule has 102 valence electrons. The van der Waals surface area contributed by atoms with Gasteiger partial charge in [-0.05, 0) is 37.0 Å². The van der Waals surface area contributed by atoms with Crippen LogP contribution in [0, 0.1) is 18.8 Å². The predicted octanol–water partition coefficient (Wildman–Crippen LogP) is 2.79. The van der Waals surface area contributed by atoms with E-state index in [0.717, 1.165) is 12.0 Å². The molecular weight excluding hydrogens is 266 g/mol. The molecule has 0 saturated heterocycles. The molecule has 5 heteroatoms. The van der Waals surface area contributed by atoms with Gasteiger partial charge in [-0.3, -0.25) is 9.59 Å². The molecule has 4 nitrogen and oxygen atoms in total. The second-order valence-electron chi connectivity index (χ2n) is 4.94. The third kappa shape index (κ3) is 3.70. The van der Waals surface area contributed by atoms with Gasteiger partial charge in [0.15, 0.2) is 6.61 Å². The van der Waals surface area contributed by atoms with Crippen LogP contribution in [0.2, 0.25) is 5.02 Å². The molecule has 0 radical (unpaired) electrons. The smallest absolute Gasteiger partial charge is 0.309 e. The van der Waals surface area contributed by atoms with Crippen LogP contribution >= 0.6 is 11.6 Å². The van der Waals surface area contributed by atoms with Crippen molar-refractivity contribution in [3.05, 3.63) is 28.8 Å². The van der Waals surface area contributed by atoms with Crippen LogP contribution in [0.5, 0.6) is 0 Å². The molecule has 0 unspecified atom stereocenters. The molecule has 1 N–H and O–H groups in total. The first-order valence-electron chi connectivity index (χ1n) is 6.20. The van der Waals surface area contributed by atoms with Gasteiger partial charge in [-0.2, -0.15) is 0 Å². The Morgan fingerprint density at radius 3 is 2.74 bits per heavy atom. The van der Waals surface area contributed by atoms with Crippen molar-refractivity contribution in [1.29, 1.82) is 0 Å². The van der Waals surface area contributed by atoms with Gasteiger partial charge in [0.1, 0.15) is 0 Å². The third-order valence-corrected chi connectivity index (χ3v) is 3.62. The number of hydrogen-bond acceptors (Lipinski definition) is 3. The Balaban J connectivity index is 1.80. The third-order valence-electron chi connectivity index (χ3n) is 3.21. The van der Waals surface area contributed by atoms with Gasteiger partial charge in [0.2, 0.25) is 0 Å². The largest absolute Gasteiger partial charge is 0.455 e. The first-order chi connectivity index (χ1) is 8.97. The van der Waals surface area contributed by atoms with E-state index >= 15 is 0 Å². The van der Waals surface area contributed by atoms with E-state index in [1.807, 2.05) is 19.9 Å². The highest BCUT2D eigenvalue weighted by Crippen LogP contribution is 2.38. The molecule has 0 aliphatic heterocycles. The Morgan fingerprint density at radius 2 is 2.16 bits per heavy atom. The lowest BCUT2D eigenvalue weighted by Crippen LogP contribution is -2.21. The number of carbonyl (C=O) groups is 2. The Labute approximate surface area is 117 Å². The molecule has 1 aromatic carbocycles. The van der Waals surface area contributed by atoms with Crippen LogP contribution in [-0.2, 0) is 14.3 Å². The molecule has 2 rings (SSSR count). The summed E-state index contributed by atoms with van der Waals surface area (Å²) in [5.41, 5.74) is 1.53. The molecule has 2 atom stereocenters. The number of carbonyl (C=O) groups excluding carboxylic acids is 2. The summed E-state index contributed by atoms with van der Waals surface area (Å²) in [6.07, 6.45) is 0.855. The minimum atomic E-state index is -0.360. The number of nitrogens with one attached hydrogen (secondary N) is 1. The summed E-state index contributed by atoms with van der Waals surface area (Å²) in [6, 6.07) is 5.24. The maximum Gasteiger partial charge on any atom is 0.309 e.